The second-order valence-electron chi connectivity index (χ2n) is 6.78. The number of carbonyl (C=O) groups is 1. The van der Waals surface area contributed by atoms with Crippen LogP contribution in [0.4, 0.5) is 4.39 Å². The molecule has 2 aromatic rings. The molecule has 0 aliphatic carbocycles. The molecule has 2 aromatic carbocycles. The van der Waals surface area contributed by atoms with Crippen molar-refractivity contribution in [3.8, 4) is 16.9 Å². The monoisotopic (exact) mass is 418 g/mol. The topological polar surface area (TPSA) is 80.2 Å². The molecule has 0 radical (unpaired) electrons. The molecule has 1 aliphatic rings. The summed E-state index contributed by atoms with van der Waals surface area (Å²) in [6.45, 7) is 1.91. The first kappa shape index (κ1) is 21.1. The standard InChI is InChI=1S/C21H23FN2O4S/c1-12-8-14(27-2)5-7-16(12)17-6-4-13(9-18(17)22)19-10-15(28-24-19)11-20(29-3)21(25)23-26/h4-9,15,20,26H,10-11H2,1-3H3,(H,23,25). The Morgan fingerprint density at radius 2 is 2.14 bits per heavy atom. The van der Waals surface area contributed by atoms with E-state index in [0.717, 1.165) is 16.9 Å². The number of thioether (sulfide) groups is 1. The van der Waals surface area contributed by atoms with Gasteiger partial charge in [0.2, 0.25) is 0 Å². The largest absolute Gasteiger partial charge is 0.497 e. The molecule has 1 aliphatic heterocycles. The average Bonchev–Trinajstić information content (AvgIpc) is 3.20. The zero-order valence-corrected chi connectivity index (χ0v) is 17.3. The second-order valence-corrected chi connectivity index (χ2v) is 7.82. The van der Waals surface area contributed by atoms with E-state index in [1.165, 1.54) is 17.8 Å². The van der Waals surface area contributed by atoms with Gasteiger partial charge < -0.3 is 9.57 Å². The predicted molar refractivity (Wildman–Crippen MR) is 111 cm³/mol. The van der Waals surface area contributed by atoms with E-state index in [1.54, 1.807) is 31.0 Å². The minimum atomic E-state index is -0.472. The van der Waals surface area contributed by atoms with Crippen LogP contribution in [0.2, 0.25) is 0 Å². The van der Waals surface area contributed by atoms with Crippen LogP contribution in [0.15, 0.2) is 41.6 Å². The average molecular weight is 418 g/mol. The van der Waals surface area contributed by atoms with Gasteiger partial charge in [0.1, 0.15) is 17.7 Å². The van der Waals surface area contributed by atoms with Gasteiger partial charge in [0.15, 0.2) is 0 Å². The van der Waals surface area contributed by atoms with Gasteiger partial charge >= 0.3 is 0 Å². The number of methoxy groups -OCH3 is 1. The number of aryl methyl sites for hydroxylation is 1. The zero-order valence-electron chi connectivity index (χ0n) is 16.4. The van der Waals surface area contributed by atoms with Crippen molar-refractivity contribution in [3.05, 3.63) is 53.3 Å². The Morgan fingerprint density at radius 1 is 1.38 bits per heavy atom. The molecule has 0 spiro atoms. The van der Waals surface area contributed by atoms with Gasteiger partial charge in [0.05, 0.1) is 18.1 Å². The van der Waals surface area contributed by atoms with Crippen molar-refractivity contribution in [2.24, 2.45) is 5.16 Å². The van der Waals surface area contributed by atoms with Crippen LogP contribution in [0.1, 0.15) is 24.0 Å². The number of hydrogen-bond acceptors (Lipinski definition) is 6. The third-order valence-corrected chi connectivity index (χ3v) is 5.90. The molecule has 0 aromatic heterocycles. The number of halogens is 1. The van der Waals surface area contributed by atoms with Gasteiger partial charge in [-0.2, -0.15) is 11.8 Å². The minimum Gasteiger partial charge on any atom is -0.497 e. The summed E-state index contributed by atoms with van der Waals surface area (Å²) in [6.07, 6.45) is 2.35. The Kier molecular flexibility index (Phi) is 6.76. The third kappa shape index (κ3) is 4.71. The fourth-order valence-electron chi connectivity index (χ4n) is 3.32. The molecule has 1 heterocycles. The van der Waals surface area contributed by atoms with Crippen LogP contribution in [0.25, 0.3) is 11.1 Å². The lowest BCUT2D eigenvalue weighted by Gasteiger charge is -2.15. The third-order valence-electron chi connectivity index (χ3n) is 4.92. The van der Waals surface area contributed by atoms with E-state index in [0.29, 0.717) is 29.7 Å². The number of oxime groups is 1. The first-order valence-corrected chi connectivity index (χ1v) is 10.4. The molecule has 1 amide bonds. The number of amides is 1. The Hall–Kier alpha value is -2.58. The molecule has 29 heavy (non-hydrogen) atoms. The highest BCUT2D eigenvalue weighted by molar-refractivity contribution is 7.99. The van der Waals surface area contributed by atoms with Crippen LogP contribution in [-0.2, 0) is 9.63 Å². The molecule has 0 fully saturated rings. The Morgan fingerprint density at radius 3 is 2.76 bits per heavy atom. The summed E-state index contributed by atoms with van der Waals surface area (Å²) in [5.41, 5.74) is 5.17. The lowest BCUT2D eigenvalue weighted by molar-refractivity contribution is -0.129. The van der Waals surface area contributed by atoms with Gasteiger partial charge in [-0.15, -0.1) is 0 Å². The van der Waals surface area contributed by atoms with E-state index in [9.17, 15) is 9.18 Å². The maximum Gasteiger partial charge on any atom is 0.256 e. The molecular weight excluding hydrogens is 395 g/mol. The van der Waals surface area contributed by atoms with Crippen molar-refractivity contribution in [1.29, 1.82) is 0 Å². The molecule has 6 nitrogen and oxygen atoms in total. The molecule has 0 saturated carbocycles. The molecule has 154 valence electrons. The molecule has 0 saturated heterocycles. The maximum absolute atomic E-state index is 14.9. The number of ether oxygens (including phenoxy) is 1. The van der Waals surface area contributed by atoms with Crippen LogP contribution in [0.5, 0.6) is 5.75 Å². The number of nitrogens with one attached hydrogen (secondary N) is 1. The van der Waals surface area contributed by atoms with Crippen LogP contribution >= 0.6 is 11.8 Å². The highest BCUT2D eigenvalue weighted by Gasteiger charge is 2.29. The molecule has 3 rings (SSSR count). The van der Waals surface area contributed by atoms with E-state index in [2.05, 4.69) is 5.16 Å². The van der Waals surface area contributed by atoms with Crippen LogP contribution in [0.3, 0.4) is 0 Å². The molecule has 0 bridgehead atoms. The highest BCUT2D eigenvalue weighted by atomic mass is 32.2. The Labute approximate surface area is 173 Å². The molecule has 2 unspecified atom stereocenters. The smallest absolute Gasteiger partial charge is 0.256 e. The van der Waals surface area contributed by atoms with Crippen molar-refractivity contribution in [1.82, 2.24) is 5.48 Å². The second kappa shape index (κ2) is 9.28. The summed E-state index contributed by atoms with van der Waals surface area (Å²) in [6, 6.07) is 10.5. The predicted octanol–water partition coefficient (Wildman–Crippen LogP) is 3.93. The summed E-state index contributed by atoms with van der Waals surface area (Å²) in [7, 11) is 1.60. The van der Waals surface area contributed by atoms with Gasteiger partial charge in [-0.25, -0.2) is 9.87 Å². The minimum absolute atomic E-state index is 0.300. The molecule has 2 N–H and O–H groups in total. The fraction of sp³-hybridized carbons (Fsp3) is 0.333. The summed E-state index contributed by atoms with van der Waals surface area (Å²) < 4.78 is 20.1. The highest BCUT2D eigenvalue weighted by Crippen LogP contribution is 2.31. The number of rotatable bonds is 7. The van der Waals surface area contributed by atoms with E-state index in [4.69, 9.17) is 14.8 Å². The number of benzene rings is 2. The lowest BCUT2D eigenvalue weighted by atomic mass is 9.96. The van der Waals surface area contributed by atoms with Crippen LogP contribution < -0.4 is 10.2 Å². The number of hydrogen-bond donors (Lipinski definition) is 2. The SMILES string of the molecule is COc1ccc(-c2ccc(C3=NOC(CC(SC)C(=O)NO)C3)cc2F)c(C)c1. The van der Waals surface area contributed by atoms with Crippen LogP contribution in [-0.4, -0.2) is 41.5 Å². The van der Waals surface area contributed by atoms with Crippen molar-refractivity contribution >= 4 is 23.4 Å². The van der Waals surface area contributed by atoms with Crippen molar-refractivity contribution in [2.75, 3.05) is 13.4 Å². The normalized spacial score (nSPS) is 16.7. The Bertz CT molecular complexity index is 935. The van der Waals surface area contributed by atoms with Crippen molar-refractivity contribution < 1.29 is 24.0 Å². The van der Waals surface area contributed by atoms with Crippen LogP contribution in [0, 0.1) is 12.7 Å². The molecular formula is C21H23FN2O4S. The van der Waals surface area contributed by atoms with Gasteiger partial charge in [0, 0.05) is 24.0 Å². The van der Waals surface area contributed by atoms with Gasteiger partial charge in [0.25, 0.3) is 5.91 Å². The molecule has 2 atom stereocenters. The van der Waals surface area contributed by atoms with E-state index in [-0.39, 0.29) is 11.9 Å². The lowest BCUT2D eigenvalue weighted by Crippen LogP contribution is -2.32. The summed E-state index contributed by atoms with van der Waals surface area (Å²) in [5.74, 6) is -0.0893. The summed E-state index contributed by atoms with van der Waals surface area (Å²) in [4.78, 5) is 17.1. The van der Waals surface area contributed by atoms with E-state index in [1.807, 2.05) is 25.1 Å². The zero-order chi connectivity index (χ0) is 21.0. The summed E-state index contributed by atoms with van der Waals surface area (Å²) in [5, 5.41) is 12.4. The summed E-state index contributed by atoms with van der Waals surface area (Å²) >= 11 is 1.32. The first-order valence-electron chi connectivity index (χ1n) is 9.11. The Balaban J connectivity index is 1.73. The quantitative estimate of drug-likeness (QED) is 0.526. The first-order chi connectivity index (χ1) is 14.0. The maximum atomic E-state index is 14.9. The van der Waals surface area contributed by atoms with Gasteiger partial charge in [-0.1, -0.05) is 23.4 Å². The van der Waals surface area contributed by atoms with Crippen molar-refractivity contribution in [2.45, 2.75) is 31.1 Å². The number of hydroxylamine groups is 1. The number of carbonyl (C=O) groups excluding carboxylic acids is 1. The number of nitrogens with zero attached hydrogens (tertiary/aromatic N) is 1. The van der Waals surface area contributed by atoms with Crippen molar-refractivity contribution in [3.63, 3.8) is 0 Å². The van der Waals surface area contributed by atoms with E-state index < -0.39 is 11.2 Å². The van der Waals surface area contributed by atoms with Gasteiger partial charge in [-0.05, 0) is 42.5 Å². The van der Waals surface area contributed by atoms with Gasteiger partial charge in [-0.3, -0.25) is 10.0 Å². The fourth-order valence-corrected chi connectivity index (χ4v) is 4.00. The molecule has 8 heteroatoms. The van der Waals surface area contributed by atoms with E-state index >= 15 is 0 Å².